The number of aromatic amines is 1. The number of hydrogen-bond acceptors (Lipinski definition) is 1. The van der Waals surface area contributed by atoms with Crippen molar-refractivity contribution in [3.05, 3.63) is 65.7 Å². The Morgan fingerprint density at radius 1 is 1.16 bits per heavy atom. The molecule has 3 rings (SSSR count). The summed E-state index contributed by atoms with van der Waals surface area (Å²) in [7, 11) is 0. The molecule has 0 amide bonds. The second kappa shape index (κ2) is 4.75. The molecule has 3 nitrogen and oxygen atoms in total. The first-order valence-electron chi connectivity index (χ1n) is 5.79. The molecule has 19 heavy (non-hydrogen) atoms. The van der Waals surface area contributed by atoms with Crippen molar-refractivity contribution in [1.29, 1.82) is 0 Å². The highest BCUT2D eigenvalue weighted by Crippen LogP contribution is 2.22. The summed E-state index contributed by atoms with van der Waals surface area (Å²) >= 11 is 3.34. The van der Waals surface area contributed by atoms with Gasteiger partial charge in [0.2, 0.25) is 0 Å². The fourth-order valence-corrected chi connectivity index (χ4v) is 2.63. The molecule has 0 bridgehead atoms. The summed E-state index contributed by atoms with van der Waals surface area (Å²) in [6.45, 7) is 0. The maximum Gasteiger partial charge on any atom is 0.300 e. The number of fused-ring (bicyclic) bond motifs is 1. The predicted octanol–water partition coefficient (Wildman–Crippen LogP) is 2.83. The number of benzene rings is 2. The van der Waals surface area contributed by atoms with E-state index in [4.69, 9.17) is 0 Å². The van der Waals surface area contributed by atoms with E-state index in [9.17, 15) is 9.50 Å². The minimum atomic E-state index is -0.809. The standard InChI is InChI=1S/C14H10BrFN2O/c15-18-12-8-10(16)6-7-11(12)17-14(18)13(19)9-4-2-1-3-5-9/h1-8,13,19H/p+1. The van der Waals surface area contributed by atoms with Crippen LogP contribution in [0.15, 0.2) is 48.5 Å². The monoisotopic (exact) mass is 321 g/mol. The van der Waals surface area contributed by atoms with Crippen molar-refractivity contribution in [2.45, 2.75) is 6.10 Å². The Balaban J connectivity index is 2.13. The number of nitrogens with one attached hydrogen (secondary N) is 1. The lowest BCUT2D eigenvalue weighted by atomic mass is 10.1. The maximum atomic E-state index is 13.2. The zero-order chi connectivity index (χ0) is 13.4. The van der Waals surface area contributed by atoms with Gasteiger partial charge >= 0.3 is 0 Å². The molecule has 0 aliphatic rings. The van der Waals surface area contributed by atoms with Gasteiger partial charge in [-0.2, -0.15) is 3.59 Å². The van der Waals surface area contributed by atoms with Crippen LogP contribution in [-0.4, -0.2) is 10.1 Å². The molecule has 2 aromatic carbocycles. The molecule has 0 spiro atoms. The molecule has 1 heterocycles. The summed E-state index contributed by atoms with van der Waals surface area (Å²) in [5.41, 5.74) is 2.16. The van der Waals surface area contributed by atoms with Crippen LogP contribution in [0.4, 0.5) is 4.39 Å². The maximum absolute atomic E-state index is 13.2. The summed E-state index contributed by atoms with van der Waals surface area (Å²) in [5, 5.41) is 10.4. The topological polar surface area (TPSA) is 39.9 Å². The van der Waals surface area contributed by atoms with Crippen LogP contribution in [0.1, 0.15) is 17.5 Å². The summed E-state index contributed by atoms with van der Waals surface area (Å²) in [6, 6.07) is 13.7. The quantitative estimate of drug-likeness (QED) is 0.748. The second-order valence-corrected chi connectivity index (χ2v) is 4.98. The zero-order valence-corrected chi connectivity index (χ0v) is 11.4. The minimum Gasteiger partial charge on any atom is -0.376 e. The smallest absolute Gasteiger partial charge is 0.300 e. The van der Waals surface area contributed by atoms with Crippen molar-refractivity contribution in [3.8, 4) is 0 Å². The Morgan fingerprint density at radius 2 is 1.89 bits per heavy atom. The molecule has 5 heteroatoms. The number of hydrogen-bond donors (Lipinski definition) is 2. The molecule has 0 aliphatic carbocycles. The highest BCUT2D eigenvalue weighted by molar-refractivity contribution is 9.04. The van der Waals surface area contributed by atoms with Gasteiger partial charge in [0.1, 0.15) is 5.82 Å². The number of nitrogens with zero attached hydrogens (tertiary/aromatic N) is 1. The Hall–Kier alpha value is -1.72. The van der Waals surface area contributed by atoms with Crippen molar-refractivity contribution in [2.24, 2.45) is 0 Å². The van der Waals surface area contributed by atoms with Crippen LogP contribution < -0.4 is 3.59 Å². The SMILES string of the molecule is OC(c1ccccc1)c1[nH]c2ccc(F)cc2[n+]1Br. The zero-order valence-electron chi connectivity index (χ0n) is 9.85. The molecule has 1 atom stereocenters. The average Bonchev–Trinajstić information content (AvgIpc) is 2.76. The Bertz CT molecular complexity index is 727. The van der Waals surface area contributed by atoms with Crippen LogP contribution in [0.2, 0.25) is 0 Å². The third-order valence-electron chi connectivity index (χ3n) is 3.02. The number of imidazole rings is 1. The molecule has 0 saturated heterocycles. The number of H-pyrrole nitrogens is 1. The summed E-state index contributed by atoms with van der Waals surface area (Å²) in [5.74, 6) is 0.229. The van der Waals surface area contributed by atoms with Gasteiger partial charge < -0.3 is 5.11 Å². The van der Waals surface area contributed by atoms with Crippen molar-refractivity contribution in [1.82, 2.24) is 4.98 Å². The van der Waals surface area contributed by atoms with Gasteiger partial charge in [-0.3, -0.25) is 0 Å². The van der Waals surface area contributed by atoms with Gasteiger partial charge in [0, 0.05) is 6.07 Å². The number of rotatable bonds is 2. The van der Waals surface area contributed by atoms with Gasteiger partial charge in [-0.25, -0.2) is 9.37 Å². The van der Waals surface area contributed by atoms with E-state index in [2.05, 4.69) is 21.1 Å². The Kier molecular flexibility index (Phi) is 3.08. The fraction of sp³-hybridized carbons (Fsp3) is 0.0714. The molecule has 0 radical (unpaired) electrons. The lowest BCUT2D eigenvalue weighted by molar-refractivity contribution is -0.459. The molecule has 2 N–H and O–H groups in total. The van der Waals surface area contributed by atoms with E-state index in [0.717, 1.165) is 11.1 Å². The van der Waals surface area contributed by atoms with Crippen LogP contribution in [-0.2, 0) is 0 Å². The predicted molar refractivity (Wildman–Crippen MR) is 73.3 cm³/mol. The highest BCUT2D eigenvalue weighted by atomic mass is 79.9. The third-order valence-corrected chi connectivity index (χ3v) is 3.78. The molecule has 0 aliphatic heterocycles. The first-order valence-corrected chi connectivity index (χ1v) is 6.50. The van der Waals surface area contributed by atoms with Gasteiger partial charge in [0.25, 0.3) is 5.82 Å². The van der Waals surface area contributed by atoms with Crippen LogP contribution in [0.5, 0.6) is 0 Å². The molecule has 3 aromatic rings. The normalized spacial score (nSPS) is 12.8. The van der Waals surface area contributed by atoms with E-state index >= 15 is 0 Å². The van der Waals surface area contributed by atoms with E-state index in [1.165, 1.54) is 12.1 Å². The van der Waals surface area contributed by atoms with Crippen molar-refractivity contribution >= 4 is 27.2 Å². The van der Waals surface area contributed by atoms with Crippen molar-refractivity contribution < 1.29 is 13.1 Å². The molecule has 1 unspecified atom stereocenters. The summed E-state index contributed by atoms with van der Waals surface area (Å²) in [6.07, 6.45) is -0.809. The Labute approximate surface area is 117 Å². The molecule has 0 saturated carbocycles. The first kappa shape index (κ1) is 12.3. The number of aliphatic hydroxyl groups is 1. The molecular formula is C14H11BrFN2O+. The first-order chi connectivity index (χ1) is 9.16. The van der Waals surface area contributed by atoms with Gasteiger partial charge in [-0.05, 0) is 17.7 Å². The molecule has 1 aromatic heterocycles. The second-order valence-electron chi connectivity index (χ2n) is 4.27. The molecular weight excluding hydrogens is 311 g/mol. The van der Waals surface area contributed by atoms with Crippen LogP contribution in [0, 0.1) is 5.82 Å². The van der Waals surface area contributed by atoms with Gasteiger partial charge in [-0.15, -0.1) is 0 Å². The highest BCUT2D eigenvalue weighted by Gasteiger charge is 2.25. The Morgan fingerprint density at radius 3 is 2.63 bits per heavy atom. The lowest BCUT2D eigenvalue weighted by Gasteiger charge is -2.04. The summed E-state index contributed by atoms with van der Waals surface area (Å²) < 4.78 is 14.8. The minimum absolute atomic E-state index is 0.319. The molecule has 96 valence electrons. The lowest BCUT2D eigenvalue weighted by Crippen LogP contribution is -2.26. The van der Waals surface area contributed by atoms with Crippen molar-refractivity contribution in [3.63, 3.8) is 0 Å². The fourth-order valence-electron chi connectivity index (χ4n) is 2.06. The van der Waals surface area contributed by atoms with E-state index < -0.39 is 6.10 Å². The van der Waals surface area contributed by atoms with E-state index in [0.29, 0.717) is 11.3 Å². The van der Waals surface area contributed by atoms with E-state index in [1.807, 2.05) is 30.3 Å². The van der Waals surface area contributed by atoms with E-state index in [1.54, 1.807) is 9.66 Å². The van der Waals surface area contributed by atoms with Crippen LogP contribution in [0.3, 0.4) is 0 Å². The number of aromatic nitrogens is 2. The van der Waals surface area contributed by atoms with Gasteiger partial charge in [0.15, 0.2) is 33.3 Å². The number of aliphatic hydroxyl groups excluding tert-OH is 1. The molecule has 0 fully saturated rings. The van der Waals surface area contributed by atoms with E-state index in [-0.39, 0.29) is 5.82 Å². The number of halogens is 2. The van der Waals surface area contributed by atoms with Crippen LogP contribution >= 0.6 is 16.1 Å². The average molecular weight is 322 g/mol. The van der Waals surface area contributed by atoms with Gasteiger partial charge in [-0.1, -0.05) is 30.3 Å². The van der Waals surface area contributed by atoms with Gasteiger partial charge in [0.05, 0.1) is 0 Å². The van der Waals surface area contributed by atoms with Crippen molar-refractivity contribution in [2.75, 3.05) is 0 Å². The largest absolute Gasteiger partial charge is 0.376 e. The van der Waals surface area contributed by atoms with Crippen LogP contribution in [0.25, 0.3) is 11.0 Å². The summed E-state index contributed by atoms with van der Waals surface area (Å²) in [4.78, 5) is 3.09. The third kappa shape index (κ3) is 2.15.